The summed E-state index contributed by atoms with van der Waals surface area (Å²) in [6.07, 6.45) is 9.07. The lowest BCUT2D eigenvalue weighted by Gasteiger charge is -2.28. The van der Waals surface area contributed by atoms with Crippen LogP contribution in [0.25, 0.3) is 0 Å². The highest BCUT2D eigenvalue weighted by atomic mass is 16.1. The molecular formula is C12H23NO. The Bertz CT molecular complexity index is 171. The van der Waals surface area contributed by atoms with E-state index in [1.54, 1.807) is 6.92 Å². The molecule has 0 radical (unpaired) electrons. The molecule has 14 heavy (non-hydrogen) atoms. The van der Waals surface area contributed by atoms with Gasteiger partial charge in [-0.15, -0.1) is 0 Å². The lowest BCUT2D eigenvalue weighted by molar-refractivity contribution is -0.119. The smallest absolute Gasteiger partial charge is 0.217 e. The van der Waals surface area contributed by atoms with Crippen LogP contribution in [0.5, 0.6) is 0 Å². The molecule has 1 aliphatic carbocycles. The van der Waals surface area contributed by atoms with Crippen LogP contribution in [0.15, 0.2) is 0 Å². The highest BCUT2D eigenvalue weighted by Crippen LogP contribution is 2.28. The van der Waals surface area contributed by atoms with Crippen LogP contribution in [0.2, 0.25) is 0 Å². The molecule has 1 N–H and O–H groups in total. The average Bonchev–Trinajstić information content (AvgIpc) is 2.16. The van der Waals surface area contributed by atoms with Crippen molar-refractivity contribution >= 4 is 5.91 Å². The third kappa shape index (κ3) is 4.12. The predicted octanol–water partition coefficient (Wildman–Crippen LogP) is 2.87. The first-order valence-electron chi connectivity index (χ1n) is 5.99. The molecule has 1 aliphatic rings. The molecule has 82 valence electrons. The molecule has 2 heteroatoms. The first-order valence-corrected chi connectivity index (χ1v) is 5.99. The lowest BCUT2D eigenvalue weighted by atomic mass is 9.83. The van der Waals surface area contributed by atoms with Gasteiger partial charge in [0.2, 0.25) is 5.91 Å². The molecule has 1 amide bonds. The SMILES string of the molecule is CCCC[C@H]1CC[C@@H](NC(C)=O)CC1. The quantitative estimate of drug-likeness (QED) is 0.737. The molecular weight excluding hydrogens is 174 g/mol. The Hall–Kier alpha value is -0.530. The van der Waals surface area contributed by atoms with Crippen molar-refractivity contribution in [3.63, 3.8) is 0 Å². The van der Waals surface area contributed by atoms with Gasteiger partial charge in [0.25, 0.3) is 0 Å². The third-order valence-corrected chi connectivity index (χ3v) is 3.22. The van der Waals surface area contributed by atoms with Gasteiger partial charge >= 0.3 is 0 Å². The number of hydrogen-bond acceptors (Lipinski definition) is 1. The van der Waals surface area contributed by atoms with Gasteiger partial charge in [-0.2, -0.15) is 0 Å². The van der Waals surface area contributed by atoms with Crippen molar-refractivity contribution in [2.24, 2.45) is 5.92 Å². The summed E-state index contributed by atoms with van der Waals surface area (Å²) in [7, 11) is 0. The Kier molecular flexibility index (Phi) is 4.99. The summed E-state index contributed by atoms with van der Waals surface area (Å²) in [5.41, 5.74) is 0. The number of nitrogens with one attached hydrogen (secondary N) is 1. The normalized spacial score (nSPS) is 27.3. The first kappa shape index (κ1) is 11.5. The van der Waals surface area contributed by atoms with Crippen molar-refractivity contribution in [1.29, 1.82) is 0 Å². The molecule has 1 fully saturated rings. The van der Waals surface area contributed by atoms with Gasteiger partial charge in [0.15, 0.2) is 0 Å². The van der Waals surface area contributed by atoms with Crippen molar-refractivity contribution in [2.45, 2.75) is 64.8 Å². The van der Waals surface area contributed by atoms with E-state index in [1.165, 1.54) is 44.9 Å². The number of amides is 1. The highest BCUT2D eigenvalue weighted by Gasteiger charge is 2.20. The molecule has 0 spiro atoms. The summed E-state index contributed by atoms with van der Waals surface area (Å²) in [5.74, 6) is 1.06. The fourth-order valence-corrected chi connectivity index (χ4v) is 2.38. The van der Waals surface area contributed by atoms with Crippen molar-refractivity contribution < 1.29 is 4.79 Å². The highest BCUT2D eigenvalue weighted by molar-refractivity contribution is 5.73. The zero-order valence-corrected chi connectivity index (χ0v) is 9.51. The van der Waals surface area contributed by atoms with E-state index < -0.39 is 0 Å². The maximum Gasteiger partial charge on any atom is 0.217 e. The molecule has 1 saturated carbocycles. The molecule has 0 aromatic carbocycles. The molecule has 0 heterocycles. The minimum Gasteiger partial charge on any atom is -0.354 e. The van der Waals surface area contributed by atoms with E-state index in [1.807, 2.05) is 0 Å². The number of carbonyl (C=O) groups excluding carboxylic acids is 1. The van der Waals surface area contributed by atoms with Crippen LogP contribution in [0.3, 0.4) is 0 Å². The average molecular weight is 197 g/mol. The van der Waals surface area contributed by atoms with Gasteiger partial charge in [-0.3, -0.25) is 4.79 Å². The molecule has 0 unspecified atom stereocenters. The summed E-state index contributed by atoms with van der Waals surface area (Å²) in [6, 6.07) is 0.463. The zero-order valence-electron chi connectivity index (χ0n) is 9.51. The molecule has 0 saturated heterocycles. The predicted molar refractivity (Wildman–Crippen MR) is 59.1 cm³/mol. The Morgan fingerprint density at radius 2 is 1.93 bits per heavy atom. The Morgan fingerprint density at radius 1 is 1.29 bits per heavy atom. The number of hydrogen-bond donors (Lipinski definition) is 1. The van der Waals surface area contributed by atoms with Crippen LogP contribution >= 0.6 is 0 Å². The van der Waals surface area contributed by atoms with Crippen LogP contribution < -0.4 is 5.32 Å². The van der Waals surface area contributed by atoms with Gasteiger partial charge in [0, 0.05) is 13.0 Å². The number of carbonyl (C=O) groups is 1. The minimum atomic E-state index is 0.127. The Labute approximate surface area is 87.5 Å². The van der Waals surface area contributed by atoms with Crippen LogP contribution in [0.4, 0.5) is 0 Å². The van der Waals surface area contributed by atoms with Crippen molar-refractivity contribution in [3.05, 3.63) is 0 Å². The second-order valence-electron chi connectivity index (χ2n) is 4.56. The standard InChI is InChI=1S/C12H23NO/c1-3-4-5-11-6-8-12(9-7-11)13-10(2)14/h11-12H,3-9H2,1-2H3,(H,13,14)/t11-,12+. The monoisotopic (exact) mass is 197 g/mol. The number of unbranched alkanes of at least 4 members (excludes halogenated alkanes) is 1. The summed E-state index contributed by atoms with van der Waals surface area (Å²) >= 11 is 0. The molecule has 0 atom stereocenters. The molecule has 0 aliphatic heterocycles. The van der Waals surface area contributed by atoms with Gasteiger partial charge in [-0.25, -0.2) is 0 Å². The van der Waals surface area contributed by atoms with E-state index in [4.69, 9.17) is 0 Å². The van der Waals surface area contributed by atoms with E-state index in [0.29, 0.717) is 6.04 Å². The molecule has 0 aromatic rings. The molecule has 2 nitrogen and oxygen atoms in total. The van der Waals surface area contributed by atoms with Gasteiger partial charge in [-0.1, -0.05) is 26.2 Å². The van der Waals surface area contributed by atoms with E-state index in [2.05, 4.69) is 12.2 Å². The second kappa shape index (κ2) is 6.05. The molecule has 0 bridgehead atoms. The lowest BCUT2D eigenvalue weighted by Crippen LogP contribution is -2.36. The fraction of sp³-hybridized carbons (Fsp3) is 0.917. The third-order valence-electron chi connectivity index (χ3n) is 3.22. The summed E-state index contributed by atoms with van der Waals surface area (Å²) in [4.78, 5) is 10.9. The van der Waals surface area contributed by atoms with Gasteiger partial charge < -0.3 is 5.32 Å². The van der Waals surface area contributed by atoms with E-state index in [9.17, 15) is 4.79 Å². The van der Waals surface area contributed by atoms with Crippen molar-refractivity contribution in [1.82, 2.24) is 5.32 Å². The van der Waals surface area contributed by atoms with Crippen LogP contribution in [0, 0.1) is 5.92 Å². The van der Waals surface area contributed by atoms with Gasteiger partial charge in [-0.05, 0) is 31.6 Å². The van der Waals surface area contributed by atoms with Crippen LogP contribution in [-0.4, -0.2) is 11.9 Å². The van der Waals surface area contributed by atoms with Crippen LogP contribution in [-0.2, 0) is 4.79 Å². The van der Waals surface area contributed by atoms with Gasteiger partial charge in [0.05, 0.1) is 0 Å². The maximum absolute atomic E-state index is 10.9. The number of rotatable bonds is 4. The second-order valence-corrected chi connectivity index (χ2v) is 4.56. The molecule has 0 aromatic heterocycles. The topological polar surface area (TPSA) is 29.1 Å². The Morgan fingerprint density at radius 3 is 2.43 bits per heavy atom. The largest absolute Gasteiger partial charge is 0.354 e. The minimum absolute atomic E-state index is 0.127. The fourth-order valence-electron chi connectivity index (χ4n) is 2.38. The van der Waals surface area contributed by atoms with Crippen molar-refractivity contribution in [2.75, 3.05) is 0 Å². The summed E-state index contributed by atoms with van der Waals surface area (Å²) in [6.45, 7) is 3.87. The zero-order chi connectivity index (χ0) is 10.4. The van der Waals surface area contributed by atoms with E-state index in [-0.39, 0.29) is 5.91 Å². The Balaban J connectivity index is 2.14. The van der Waals surface area contributed by atoms with E-state index in [0.717, 1.165) is 5.92 Å². The summed E-state index contributed by atoms with van der Waals surface area (Å²) < 4.78 is 0. The summed E-state index contributed by atoms with van der Waals surface area (Å²) in [5, 5.41) is 3.02. The van der Waals surface area contributed by atoms with Gasteiger partial charge in [0.1, 0.15) is 0 Å². The van der Waals surface area contributed by atoms with E-state index >= 15 is 0 Å². The van der Waals surface area contributed by atoms with Crippen LogP contribution in [0.1, 0.15) is 58.8 Å². The van der Waals surface area contributed by atoms with Crippen molar-refractivity contribution in [3.8, 4) is 0 Å². The first-order chi connectivity index (χ1) is 6.72. The molecule has 1 rings (SSSR count). The maximum atomic E-state index is 10.9.